The fourth-order valence-corrected chi connectivity index (χ4v) is 3.91. The molecule has 8 heteroatoms. The summed E-state index contributed by atoms with van der Waals surface area (Å²) in [6.07, 6.45) is 0.262. The highest BCUT2D eigenvalue weighted by Gasteiger charge is 2.36. The topological polar surface area (TPSA) is 104 Å². The van der Waals surface area contributed by atoms with E-state index in [1.165, 1.54) is 4.90 Å². The van der Waals surface area contributed by atoms with Crippen LogP contribution in [0.3, 0.4) is 0 Å². The second-order valence-corrected chi connectivity index (χ2v) is 7.16. The Morgan fingerprint density at radius 3 is 2.67 bits per heavy atom. The Labute approximate surface area is 173 Å². The van der Waals surface area contributed by atoms with Gasteiger partial charge < -0.3 is 29.8 Å². The number of hydrogen-bond donors (Lipinski definition) is 3. The first-order valence-electron chi connectivity index (χ1n) is 9.58. The Hall–Kier alpha value is -3.68. The summed E-state index contributed by atoms with van der Waals surface area (Å²) in [5, 5.41) is 13.6. The number of para-hydroxylation sites is 1. The average Bonchev–Trinajstić information content (AvgIpc) is 3.13. The van der Waals surface area contributed by atoms with Crippen LogP contribution in [0.15, 0.2) is 42.5 Å². The van der Waals surface area contributed by atoms with E-state index in [2.05, 4.69) is 10.3 Å². The Morgan fingerprint density at radius 1 is 1.17 bits per heavy atom. The molecule has 1 aliphatic heterocycles. The summed E-state index contributed by atoms with van der Waals surface area (Å²) in [6.45, 7) is 0.445. The zero-order valence-corrected chi connectivity index (χ0v) is 16.8. The van der Waals surface area contributed by atoms with Crippen LogP contribution in [-0.2, 0) is 24.3 Å². The predicted molar refractivity (Wildman–Crippen MR) is 111 cm³/mol. The molecule has 8 nitrogen and oxygen atoms in total. The third-order valence-electron chi connectivity index (χ3n) is 5.44. The molecule has 30 heavy (non-hydrogen) atoms. The molecule has 0 aliphatic carbocycles. The van der Waals surface area contributed by atoms with Crippen LogP contribution in [0.5, 0.6) is 11.5 Å². The number of hydrogen-bond acceptors (Lipinski definition) is 4. The van der Waals surface area contributed by atoms with Crippen molar-refractivity contribution in [2.75, 3.05) is 14.2 Å². The second-order valence-electron chi connectivity index (χ2n) is 7.16. The summed E-state index contributed by atoms with van der Waals surface area (Å²) in [6, 6.07) is 11.8. The number of carboxylic acids is 1. The van der Waals surface area contributed by atoms with Crippen LogP contribution in [0.4, 0.5) is 4.79 Å². The number of methoxy groups -OCH3 is 2. The maximum Gasteiger partial charge on any atom is 0.326 e. The summed E-state index contributed by atoms with van der Waals surface area (Å²) in [5.41, 5.74) is 3.59. The molecule has 1 aliphatic rings. The van der Waals surface area contributed by atoms with Crippen molar-refractivity contribution in [1.82, 2.24) is 15.2 Å². The van der Waals surface area contributed by atoms with Gasteiger partial charge in [-0.25, -0.2) is 9.59 Å². The number of ether oxygens (including phenoxy) is 2. The molecule has 3 N–H and O–H groups in total. The number of nitrogens with one attached hydrogen (secondary N) is 2. The second kappa shape index (κ2) is 7.98. The number of H-pyrrole nitrogens is 1. The van der Waals surface area contributed by atoms with Crippen LogP contribution in [0.2, 0.25) is 0 Å². The van der Waals surface area contributed by atoms with Crippen LogP contribution < -0.4 is 14.8 Å². The van der Waals surface area contributed by atoms with E-state index in [0.717, 1.165) is 27.7 Å². The molecular formula is C22H23N3O5. The monoisotopic (exact) mass is 409 g/mol. The summed E-state index contributed by atoms with van der Waals surface area (Å²) in [7, 11) is 3.10. The summed E-state index contributed by atoms with van der Waals surface area (Å²) in [4.78, 5) is 29.5. The number of rotatable bonds is 5. The third kappa shape index (κ3) is 3.52. The Bertz CT molecular complexity index is 1110. The normalized spacial score (nSPS) is 15.5. The van der Waals surface area contributed by atoms with Crippen molar-refractivity contribution in [2.45, 2.75) is 25.6 Å². The number of fused-ring (bicyclic) bond motifs is 3. The van der Waals surface area contributed by atoms with E-state index < -0.39 is 18.0 Å². The lowest BCUT2D eigenvalue weighted by atomic mass is 9.97. The minimum Gasteiger partial charge on any atom is -0.493 e. The number of aliphatic carboxylic acids is 1. The van der Waals surface area contributed by atoms with Crippen molar-refractivity contribution in [3.05, 3.63) is 59.3 Å². The highest BCUT2D eigenvalue weighted by atomic mass is 16.5. The van der Waals surface area contributed by atoms with Crippen molar-refractivity contribution in [3.8, 4) is 11.5 Å². The van der Waals surface area contributed by atoms with Gasteiger partial charge in [-0.05, 0) is 29.3 Å². The van der Waals surface area contributed by atoms with E-state index in [-0.39, 0.29) is 19.5 Å². The SMILES string of the molecule is COc1ccc(CNC(=O)N2Cc3[nH]c4ccccc4c3CC2C(=O)O)cc1OC. The molecule has 0 fully saturated rings. The molecule has 3 aromatic rings. The molecule has 0 spiro atoms. The smallest absolute Gasteiger partial charge is 0.326 e. The first-order valence-corrected chi connectivity index (χ1v) is 9.58. The number of benzene rings is 2. The molecule has 156 valence electrons. The van der Waals surface area contributed by atoms with Gasteiger partial charge in [0, 0.05) is 29.6 Å². The van der Waals surface area contributed by atoms with Crippen molar-refractivity contribution >= 4 is 22.9 Å². The van der Waals surface area contributed by atoms with E-state index in [0.29, 0.717) is 11.5 Å². The van der Waals surface area contributed by atoms with Gasteiger partial charge in [-0.15, -0.1) is 0 Å². The lowest BCUT2D eigenvalue weighted by molar-refractivity contribution is -0.142. The number of carbonyl (C=O) groups excluding carboxylic acids is 1. The molecule has 0 saturated carbocycles. The fraction of sp³-hybridized carbons (Fsp3) is 0.273. The number of nitrogens with zero attached hydrogens (tertiary/aromatic N) is 1. The highest BCUT2D eigenvalue weighted by Crippen LogP contribution is 2.31. The van der Waals surface area contributed by atoms with Gasteiger partial charge in [-0.2, -0.15) is 0 Å². The van der Waals surface area contributed by atoms with Gasteiger partial charge in [0.15, 0.2) is 11.5 Å². The average molecular weight is 409 g/mol. The molecule has 0 saturated heterocycles. The number of carbonyl (C=O) groups is 2. The van der Waals surface area contributed by atoms with Crippen LogP contribution in [-0.4, -0.2) is 47.3 Å². The van der Waals surface area contributed by atoms with Gasteiger partial charge in [0.2, 0.25) is 0 Å². The molecule has 2 amide bonds. The quantitative estimate of drug-likeness (QED) is 0.601. The Kier molecular flexibility index (Phi) is 5.22. The van der Waals surface area contributed by atoms with Gasteiger partial charge >= 0.3 is 12.0 Å². The molecule has 0 radical (unpaired) electrons. The molecule has 2 aromatic carbocycles. The zero-order valence-electron chi connectivity index (χ0n) is 16.8. The standard InChI is InChI=1S/C22H23N3O5/c1-29-19-8-7-13(9-20(19)30-2)11-23-22(28)25-12-17-15(10-18(25)21(26)27)14-5-3-4-6-16(14)24-17/h3-9,18,24H,10-12H2,1-2H3,(H,23,28)(H,26,27). The van der Waals surface area contributed by atoms with E-state index >= 15 is 0 Å². The van der Waals surface area contributed by atoms with Gasteiger partial charge in [0.25, 0.3) is 0 Å². The summed E-state index contributed by atoms with van der Waals surface area (Å²) in [5.74, 6) is 0.140. The van der Waals surface area contributed by atoms with Crippen molar-refractivity contribution in [1.29, 1.82) is 0 Å². The highest BCUT2D eigenvalue weighted by molar-refractivity contribution is 5.89. The van der Waals surface area contributed by atoms with Crippen LogP contribution in [0.25, 0.3) is 10.9 Å². The minimum atomic E-state index is -1.02. The number of carboxylic acid groups (broad SMARTS) is 1. The van der Waals surface area contributed by atoms with Crippen LogP contribution >= 0.6 is 0 Å². The zero-order chi connectivity index (χ0) is 21.3. The molecule has 1 aromatic heterocycles. The molecule has 1 atom stereocenters. The lowest BCUT2D eigenvalue weighted by Gasteiger charge is -2.33. The molecule has 2 heterocycles. The number of amides is 2. The molecule has 0 bridgehead atoms. The van der Waals surface area contributed by atoms with Gasteiger partial charge in [-0.1, -0.05) is 24.3 Å². The van der Waals surface area contributed by atoms with Crippen LogP contribution in [0, 0.1) is 0 Å². The van der Waals surface area contributed by atoms with E-state index in [9.17, 15) is 14.7 Å². The summed E-state index contributed by atoms with van der Waals surface area (Å²) >= 11 is 0. The first-order chi connectivity index (χ1) is 14.5. The molecule has 4 rings (SSSR count). The minimum absolute atomic E-state index is 0.207. The largest absolute Gasteiger partial charge is 0.493 e. The van der Waals surface area contributed by atoms with E-state index in [1.807, 2.05) is 30.3 Å². The Morgan fingerprint density at radius 2 is 1.93 bits per heavy atom. The lowest BCUT2D eigenvalue weighted by Crippen LogP contribution is -2.52. The van der Waals surface area contributed by atoms with Crippen LogP contribution in [0.1, 0.15) is 16.8 Å². The van der Waals surface area contributed by atoms with Crippen molar-refractivity contribution in [3.63, 3.8) is 0 Å². The van der Waals surface area contributed by atoms with E-state index in [1.54, 1.807) is 26.4 Å². The number of aromatic amines is 1. The maximum absolute atomic E-state index is 12.9. The number of urea groups is 1. The van der Waals surface area contributed by atoms with E-state index in [4.69, 9.17) is 9.47 Å². The molecule has 1 unspecified atom stereocenters. The van der Waals surface area contributed by atoms with Crippen molar-refractivity contribution in [2.24, 2.45) is 0 Å². The van der Waals surface area contributed by atoms with Gasteiger partial charge in [-0.3, -0.25) is 0 Å². The van der Waals surface area contributed by atoms with Gasteiger partial charge in [0.1, 0.15) is 6.04 Å². The first kappa shape index (κ1) is 19.6. The summed E-state index contributed by atoms with van der Waals surface area (Å²) < 4.78 is 10.5. The predicted octanol–water partition coefficient (Wildman–Crippen LogP) is 2.91. The molecular weight excluding hydrogens is 386 g/mol. The van der Waals surface area contributed by atoms with Crippen molar-refractivity contribution < 1.29 is 24.2 Å². The Balaban J connectivity index is 1.53. The maximum atomic E-state index is 12.9. The fourth-order valence-electron chi connectivity index (χ4n) is 3.91. The third-order valence-corrected chi connectivity index (χ3v) is 5.44. The number of aromatic nitrogens is 1. The van der Waals surface area contributed by atoms with Gasteiger partial charge in [0.05, 0.1) is 20.8 Å².